The molecule has 2 N–H and O–H groups in total. The van der Waals surface area contributed by atoms with Crippen LogP contribution in [-0.2, 0) is 0 Å². The highest BCUT2D eigenvalue weighted by Gasteiger charge is 2.15. The summed E-state index contributed by atoms with van der Waals surface area (Å²) in [4.78, 5) is 0. The number of hydrogen-bond donors (Lipinski definition) is 2. The van der Waals surface area contributed by atoms with Crippen LogP contribution in [0.4, 0.5) is 0 Å². The van der Waals surface area contributed by atoms with E-state index >= 15 is 0 Å². The third kappa shape index (κ3) is 1.72. The molecule has 0 saturated carbocycles. The van der Waals surface area contributed by atoms with Crippen molar-refractivity contribution in [2.75, 3.05) is 6.54 Å². The third-order valence-electron chi connectivity index (χ3n) is 2.23. The first-order valence-electron chi connectivity index (χ1n) is 4.02. The number of nitrogens with one attached hydrogen (secondary N) is 2. The molecule has 0 aromatic rings. The summed E-state index contributed by atoms with van der Waals surface area (Å²) in [6.07, 6.45) is 2.43. The predicted molar refractivity (Wildman–Crippen MR) is 43.3 cm³/mol. The van der Waals surface area contributed by atoms with Gasteiger partial charge in [0.05, 0.1) is 5.84 Å². The van der Waals surface area contributed by atoms with Gasteiger partial charge >= 0.3 is 0 Å². The zero-order chi connectivity index (χ0) is 7.56. The Morgan fingerprint density at radius 3 is 2.80 bits per heavy atom. The topological polar surface area (TPSA) is 35.9 Å². The average molecular weight is 140 g/mol. The average Bonchev–Trinajstić information content (AvgIpc) is 2.04. The Morgan fingerprint density at radius 2 is 2.10 bits per heavy atom. The molecular formula is C8H16N2. The molecule has 0 aliphatic carbocycles. The molecule has 2 unspecified atom stereocenters. The van der Waals surface area contributed by atoms with E-state index in [0.717, 1.165) is 18.3 Å². The number of amidine groups is 1. The molecule has 1 aliphatic heterocycles. The molecule has 1 saturated heterocycles. The van der Waals surface area contributed by atoms with Crippen LogP contribution in [0.25, 0.3) is 0 Å². The van der Waals surface area contributed by atoms with Gasteiger partial charge < -0.3 is 5.32 Å². The van der Waals surface area contributed by atoms with Gasteiger partial charge in [0, 0.05) is 12.5 Å². The fourth-order valence-corrected chi connectivity index (χ4v) is 1.24. The van der Waals surface area contributed by atoms with E-state index in [2.05, 4.69) is 19.2 Å². The van der Waals surface area contributed by atoms with Crippen molar-refractivity contribution in [1.82, 2.24) is 5.32 Å². The lowest BCUT2D eigenvalue weighted by Gasteiger charge is -2.08. The summed E-state index contributed by atoms with van der Waals surface area (Å²) < 4.78 is 0. The number of hydrogen-bond acceptors (Lipinski definition) is 1. The first-order chi connectivity index (χ1) is 4.70. The Labute approximate surface area is 62.5 Å². The summed E-state index contributed by atoms with van der Waals surface area (Å²) in [6, 6.07) is 0. The molecule has 2 nitrogen and oxygen atoms in total. The van der Waals surface area contributed by atoms with Gasteiger partial charge in [-0.05, 0) is 18.8 Å². The summed E-state index contributed by atoms with van der Waals surface area (Å²) in [5.74, 6) is 1.92. The van der Waals surface area contributed by atoms with E-state index in [1.165, 1.54) is 12.8 Å². The van der Waals surface area contributed by atoms with Crippen LogP contribution in [0.1, 0.15) is 26.7 Å². The Hall–Kier alpha value is -0.530. The summed E-state index contributed by atoms with van der Waals surface area (Å²) in [6.45, 7) is 5.34. The van der Waals surface area contributed by atoms with Crippen molar-refractivity contribution >= 4 is 5.84 Å². The van der Waals surface area contributed by atoms with E-state index in [1.54, 1.807) is 0 Å². The van der Waals surface area contributed by atoms with E-state index in [0.29, 0.717) is 5.92 Å². The second kappa shape index (κ2) is 3.04. The Balaban J connectivity index is 2.46. The van der Waals surface area contributed by atoms with E-state index in [1.807, 2.05) is 0 Å². The van der Waals surface area contributed by atoms with Crippen molar-refractivity contribution in [2.45, 2.75) is 26.7 Å². The van der Waals surface area contributed by atoms with E-state index in [9.17, 15) is 0 Å². The van der Waals surface area contributed by atoms with E-state index < -0.39 is 0 Å². The van der Waals surface area contributed by atoms with Gasteiger partial charge in [0.2, 0.25) is 0 Å². The van der Waals surface area contributed by atoms with Crippen molar-refractivity contribution < 1.29 is 0 Å². The summed E-state index contributed by atoms with van der Waals surface area (Å²) in [5.41, 5.74) is 0. The molecule has 2 atom stereocenters. The molecule has 2 heteroatoms. The third-order valence-corrected chi connectivity index (χ3v) is 2.23. The molecule has 1 fully saturated rings. The van der Waals surface area contributed by atoms with Crippen LogP contribution < -0.4 is 5.32 Å². The zero-order valence-electron chi connectivity index (χ0n) is 6.78. The highest BCUT2D eigenvalue weighted by Crippen LogP contribution is 2.15. The molecule has 0 amide bonds. The first kappa shape index (κ1) is 7.58. The van der Waals surface area contributed by atoms with Crippen LogP contribution in [0, 0.1) is 17.2 Å². The van der Waals surface area contributed by atoms with Gasteiger partial charge in [-0.25, -0.2) is 0 Å². The predicted octanol–water partition coefficient (Wildman–Crippen LogP) is 1.62. The molecule has 1 aliphatic rings. The van der Waals surface area contributed by atoms with Crippen LogP contribution in [0.2, 0.25) is 0 Å². The Bertz CT molecular complexity index is 131. The smallest absolute Gasteiger partial charge is 0.0960 e. The lowest BCUT2D eigenvalue weighted by Crippen LogP contribution is -2.28. The number of rotatable bonds is 0. The largest absolute Gasteiger partial charge is 0.374 e. The lowest BCUT2D eigenvalue weighted by molar-refractivity contribution is 0.507. The molecule has 0 aromatic heterocycles. The van der Waals surface area contributed by atoms with Crippen LogP contribution in [0.5, 0.6) is 0 Å². The maximum atomic E-state index is 7.51. The summed E-state index contributed by atoms with van der Waals surface area (Å²) in [5, 5.41) is 10.6. The van der Waals surface area contributed by atoms with Crippen molar-refractivity contribution in [3.05, 3.63) is 0 Å². The van der Waals surface area contributed by atoms with Crippen LogP contribution in [0.15, 0.2) is 0 Å². The highest BCUT2D eigenvalue weighted by molar-refractivity contribution is 5.81. The van der Waals surface area contributed by atoms with Gasteiger partial charge in [-0.2, -0.15) is 0 Å². The van der Waals surface area contributed by atoms with Gasteiger partial charge in [-0.3, -0.25) is 5.41 Å². The molecule has 0 bridgehead atoms. The molecule has 0 aromatic carbocycles. The maximum Gasteiger partial charge on any atom is 0.0960 e. The lowest BCUT2D eigenvalue weighted by atomic mass is 10.0. The minimum atomic E-state index is 0.449. The molecule has 10 heavy (non-hydrogen) atoms. The van der Waals surface area contributed by atoms with Crippen LogP contribution in [0.3, 0.4) is 0 Å². The molecule has 0 spiro atoms. The summed E-state index contributed by atoms with van der Waals surface area (Å²) in [7, 11) is 0. The maximum absolute atomic E-state index is 7.51. The molecule has 1 rings (SSSR count). The Morgan fingerprint density at radius 1 is 1.40 bits per heavy atom. The minimum Gasteiger partial charge on any atom is -0.374 e. The van der Waals surface area contributed by atoms with Gasteiger partial charge in [0.25, 0.3) is 0 Å². The van der Waals surface area contributed by atoms with E-state index in [4.69, 9.17) is 5.41 Å². The van der Waals surface area contributed by atoms with Crippen LogP contribution in [-0.4, -0.2) is 12.4 Å². The van der Waals surface area contributed by atoms with Crippen molar-refractivity contribution in [3.63, 3.8) is 0 Å². The van der Waals surface area contributed by atoms with E-state index in [-0.39, 0.29) is 0 Å². The molecular weight excluding hydrogens is 124 g/mol. The van der Waals surface area contributed by atoms with Gasteiger partial charge in [0.15, 0.2) is 0 Å². The molecule has 0 radical (unpaired) electrons. The van der Waals surface area contributed by atoms with Crippen molar-refractivity contribution in [2.24, 2.45) is 11.8 Å². The second-order valence-corrected chi connectivity index (χ2v) is 3.38. The fourth-order valence-electron chi connectivity index (χ4n) is 1.24. The quantitative estimate of drug-likeness (QED) is 0.527. The van der Waals surface area contributed by atoms with Gasteiger partial charge in [0.1, 0.15) is 0 Å². The van der Waals surface area contributed by atoms with Crippen LogP contribution >= 0.6 is 0 Å². The SMILES string of the molecule is CC1CCC(C)C(=N)NC1. The first-order valence-corrected chi connectivity index (χ1v) is 4.02. The van der Waals surface area contributed by atoms with Crippen molar-refractivity contribution in [1.29, 1.82) is 5.41 Å². The van der Waals surface area contributed by atoms with Crippen molar-refractivity contribution in [3.8, 4) is 0 Å². The standard InChI is InChI=1S/C8H16N2/c1-6-3-4-7(2)8(9)10-5-6/h6-7H,3-5H2,1-2H3,(H2,9,10). The minimum absolute atomic E-state index is 0.449. The van der Waals surface area contributed by atoms with Gasteiger partial charge in [-0.15, -0.1) is 0 Å². The second-order valence-electron chi connectivity index (χ2n) is 3.38. The summed E-state index contributed by atoms with van der Waals surface area (Å²) >= 11 is 0. The van der Waals surface area contributed by atoms with Gasteiger partial charge in [-0.1, -0.05) is 13.8 Å². The molecule has 58 valence electrons. The zero-order valence-corrected chi connectivity index (χ0v) is 6.78. The fraction of sp³-hybridized carbons (Fsp3) is 0.875. The highest BCUT2D eigenvalue weighted by atomic mass is 14.9. The monoisotopic (exact) mass is 140 g/mol. The normalized spacial score (nSPS) is 34.8. The molecule has 1 heterocycles. The Kier molecular flexibility index (Phi) is 2.30.